The largest absolute Gasteiger partial charge is 0.384 e. The van der Waals surface area contributed by atoms with Gasteiger partial charge in [0, 0.05) is 10.6 Å². The Labute approximate surface area is 131 Å². The van der Waals surface area contributed by atoms with Crippen LogP contribution in [0.25, 0.3) is 0 Å². The fourth-order valence-corrected chi connectivity index (χ4v) is 1.81. The number of hydrogen-bond acceptors (Lipinski definition) is 4. The van der Waals surface area contributed by atoms with Gasteiger partial charge in [-0.3, -0.25) is 10.3 Å². The Morgan fingerprint density at radius 1 is 1.14 bits per heavy atom. The first kappa shape index (κ1) is 17.0. The molecule has 0 spiro atoms. The first-order chi connectivity index (χ1) is 9.95. The number of benzene rings is 2. The summed E-state index contributed by atoms with van der Waals surface area (Å²) in [6.07, 6.45) is 0. The van der Waals surface area contributed by atoms with Gasteiger partial charge in [-0.25, -0.2) is 4.79 Å². The average Bonchev–Trinajstić information content (AvgIpc) is 2.48. The van der Waals surface area contributed by atoms with E-state index in [0.717, 1.165) is 5.56 Å². The zero-order valence-corrected chi connectivity index (χ0v) is 12.2. The number of carbonyl (C=O) groups is 1. The highest BCUT2D eigenvalue weighted by molar-refractivity contribution is 6.36. The number of carbonyl (C=O) groups excluding carboxylic acids is 1. The van der Waals surface area contributed by atoms with Crippen LogP contribution in [-0.2, 0) is 4.89 Å². The minimum atomic E-state index is -0.906. The molecule has 4 N–H and O–H groups in total. The van der Waals surface area contributed by atoms with Gasteiger partial charge in [-0.05, 0) is 18.2 Å². The van der Waals surface area contributed by atoms with E-state index in [1.807, 2.05) is 30.3 Å². The molecule has 2 aromatic rings. The second-order valence-corrected chi connectivity index (χ2v) is 4.63. The number of amidine groups is 1. The van der Waals surface area contributed by atoms with Crippen LogP contribution in [0.3, 0.4) is 0 Å². The predicted molar refractivity (Wildman–Crippen MR) is 82.0 cm³/mol. The molecular formula is C14H12Cl2N2O3. The van der Waals surface area contributed by atoms with Crippen LogP contribution in [0.15, 0.2) is 48.5 Å². The van der Waals surface area contributed by atoms with Gasteiger partial charge in [0.25, 0.3) is 0 Å². The fourth-order valence-electron chi connectivity index (χ4n) is 1.32. The van der Waals surface area contributed by atoms with Crippen molar-refractivity contribution in [1.82, 2.24) is 0 Å². The lowest BCUT2D eigenvalue weighted by Gasteiger charge is -1.99. The van der Waals surface area contributed by atoms with E-state index in [-0.39, 0.29) is 16.4 Å². The smallest absolute Gasteiger partial charge is 0.374 e. The normalized spacial score (nSPS) is 9.29. The Morgan fingerprint density at radius 3 is 2.19 bits per heavy atom. The van der Waals surface area contributed by atoms with Gasteiger partial charge in [-0.1, -0.05) is 53.5 Å². The zero-order valence-electron chi connectivity index (χ0n) is 10.7. The molecule has 0 heterocycles. The van der Waals surface area contributed by atoms with Crippen LogP contribution in [0.5, 0.6) is 0 Å². The molecule has 21 heavy (non-hydrogen) atoms. The SMILES string of the molecule is N=C(N)c1ccccc1.O=C(OO)c1ccc(Cl)cc1Cl. The standard InChI is InChI=1S/C7H4Cl2O3.C7H8N2/c8-4-1-2-5(6(9)3-4)7(10)12-11;8-7(9)6-4-2-1-3-5-6/h1-3,11H;1-5H,(H3,8,9). The number of hydrogen-bond donors (Lipinski definition) is 3. The predicted octanol–water partition coefficient (Wildman–Crippen LogP) is 3.59. The van der Waals surface area contributed by atoms with Crippen LogP contribution in [-0.4, -0.2) is 17.1 Å². The van der Waals surface area contributed by atoms with E-state index in [9.17, 15) is 4.79 Å². The third-order valence-electron chi connectivity index (χ3n) is 2.32. The van der Waals surface area contributed by atoms with Crippen molar-refractivity contribution in [2.75, 3.05) is 0 Å². The summed E-state index contributed by atoms with van der Waals surface area (Å²) in [6.45, 7) is 0. The average molecular weight is 327 g/mol. The van der Waals surface area contributed by atoms with Crippen molar-refractivity contribution in [3.63, 3.8) is 0 Å². The number of nitrogens with two attached hydrogens (primary N) is 1. The van der Waals surface area contributed by atoms with Gasteiger partial charge in [0.05, 0.1) is 10.6 Å². The van der Waals surface area contributed by atoms with E-state index >= 15 is 0 Å². The Kier molecular flexibility index (Phi) is 6.68. The lowest BCUT2D eigenvalue weighted by molar-refractivity contribution is -0.182. The highest BCUT2D eigenvalue weighted by Gasteiger charge is 2.11. The summed E-state index contributed by atoms with van der Waals surface area (Å²) in [5.41, 5.74) is 6.05. The molecule has 0 aliphatic heterocycles. The quantitative estimate of drug-likeness (QED) is 0.340. The molecule has 0 unspecified atom stereocenters. The van der Waals surface area contributed by atoms with Crippen molar-refractivity contribution in [3.05, 3.63) is 69.7 Å². The molecule has 5 nitrogen and oxygen atoms in total. The fraction of sp³-hybridized carbons (Fsp3) is 0. The summed E-state index contributed by atoms with van der Waals surface area (Å²) in [7, 11) is 0. The number of nitrogen functional groups attached to an aromatic ring is 1. The van der Waals surface area contributed by atoms with Crippen molar-refractivity contribution in [2.24, 2.45) is 5.73 Å². The van der Waals surface area contributed by atoms with Gasteiger partial charge in [0.1, 0.15) is 5.84 Å². The Bertz CT molecular complexity index is 633. The molecule has 7 heteroatoms. The van der Waals surface area contributed by atoms with E-state index in [0.29, 0.717) is 5.02 Å². The van der Waals surface area contributed by atoms with E-state index in [1.54, 1.807) is 0 Å². The van der Waals surface area contributed by atoms with Gasteiger partial charge in [-0.2, -0.15) is 5.26 Å². The number of rotatable bonds is 2. The van der Waals surface area contributed by atoms with Gasteiger partial charge in [0.2, 0.25) is 0 Å². The first-order valence-corrected chi connectivity index (χ1v) is 6.41. The Hall–Kier alpha value is -2.08. The van der Waals surface area contributed by atoms with Crippen molar-refractivity contribution in [3.8, 4) is 0 Å². The van der Waals surface area contributed by atoms with E-state index in [1.165, 1.54) is 18.2 Å². The second kappa shape index (κ2) is 8.26. The van der Waals surface area contributed by atoms with E-state index in [4.69, 9.17) is 39.6 Å². The number of halogens is 2. The molecular weight excluding hydrogens is 315 g/mol. The molecule has 0 aromatic heterocycles. The third kappa shape index (κ3) is 5.43. The van der Waals surface area contributed by atoms with E-state index in [2.05, 4.69) is 4.89 Å². The van der Waals surface area contributed by atoms with Crippen LogP contribution in [0, 0.1) is 5.41 Å². The lowest BCUT2D eigenvalue weighted by Crippen LogP contribution is -2.10. The Balaban J connectivity index is 0.000000219. The summed E-state index contributed by atoms with van der Waals surface area (Å²) in [4.78, 5) is 14.2. The van der Waals surface area contributed by atoms with Gasteiger partial charge in [-0.15, -0.1) is 0 Å². The van der Waals surface area contributed by atoms with Gasteiger partial charge >= 0.3 is 5.97 Å². The molecule has 0 saturated heterocycles. The van der Waals surface area contributed by atoms with Crippen LogP contribution in [0.2, 0.25) is 10.0 Å². The molecule has 0 aliphatic carbocycles. The van der Waals surface area contributed by atoms with Gasteiger partial charge in [0.15, 0.2) is 0 Å². The van der Waals surface area contributed by atoms with Crippen molar-refractivity contribution in [1.29, 1.82) is 5.41 Å². The summed E-state index contributed by atoms with van der Waals surface area (Å²) in [5.74, 6) is -0.785. The first-order valence-electron chi connectivity index (χ1n) is 5.66. The maximum atomic E-state index is 10.7. The van der Waals surface area contributed by atoms with Crippen molar-refractivity contribution >= 4 is 35.0 Å². The van der Waals surface area contributed by atoms with E-state index < -0.39 is 5.97 Å². The second-order valence-electron chi connectivity index (χ2n) is 3.78. The maximum absolute atomic E-state index is 10.7. The topological polar surface area (TPSA) is 96.4 Å². The molecule has 0 bridgehead atoms. The molecule has 0 fully saturated rings. The van der Waals surface area contributed by atoms with Crippen LogP contribution < -0.4 is 5.73 Å². The molecule has 0 saturated carbocycles. The molecule has 0 radical (unpaired) electrons. The minimum Gasteiger partial charge on any atom is -0.384 e. The molecule has 0 aliphatic rings. The molecule has 2 aromatic carbocycles. The van der Waals surface area contributed by atoms with Crippen LogP contribution in [0.4, 0.5) is 0 Å². The van der Waals surface area contributed by atoms with Gasteiger partial charge < -0.3 is 5.73 Å². The minimum absolute atomic E-state index is 0.0727. The lowest BCUT2D eigenvalue weighted by atomic mass is 10.2. The van der Waals surface area contributed by atoms with Crippen LogP contribution >= 0.6 is 23.2 Å². The monoisotopic (exact) mass is 326 g/mol. The number of nitrogens with one attached hydrogen (secondary N) is 1. The molecule has 0 amide bonds. The summed E-state index contributed by atoms with van der Waals surface area (Å²) >= 11 is 11.2. The zero-order chi connectivity index (χ0) is 15.8. The van der Waals surface area contributed by atoms with Crippen molar-refractivity contribution in [2.45, 2.75) is 0 Å². The highest BCUT2D eigenvalue weighted by atomic mass is 35.5. The molecule has 0 atom stereocenters. The third-order valence-corrected chi connectivity index (χ3v) is 2.87. The summed E-state index contributed by atoms with van der Waals surface area (Å²) in [6, 6.07) is 13.4. The van der Waals surface area contributed by atoms with Crippen molar-refractivity contribution < 1.29 is 14.9 Å². The maximum Gasteiger partial charge on any atom is 0.374 e. The summed E-state index contributed by atoms with van der Waals surface area (Å²) < 4.78 is 0. The Morgan fingerprint density at radius 2 is 1.76 bits per heavy atom. The highest BCUT2D eigenvalue weighted by Crippen LogP contribution is 2.21. The molecule has 110 valence electrons. The molecule has 2 rings (SSSR count). The summed E-state index contributed by atoms with van der Waals surface area (Å²) in [5, 5.41) is 15.6. The van der Waals surface area contributed by atoms with Crippen LogP contribution in [0.1, 0.15) is 15.9 Å².